The lowest BCUT2D eigenvalue weighted by atomic mass is 10.2. The zero-order valence-corrected chi connectivity index (χ0v) is 13.4. The highest BCUT2D eigenvalue weighted by Gasteiger charge is 2.24. The van der Waals surface area contributed by atoms with Crippen molar-refractivity contribution in [1.29, 1.82) is 5.26 Å². The number of carbonyl (C=O) groups excluding carboxylic acids is 1. The number of amidine groups is 1. The van der Waals surface area contributed by atoms with Gasteiger partial charge in [0.1, 0.15) is 11.8 Å². The first-order chi connectivity index (χ1) is 11.8. The third kappa shape index (κ3) is 3.83. The molecule has 1 saturated heterocycles. The lowest BCUT2D eigenvalue weighted by Crippen LogP contribution is -2.19. The summed E-state index contributed by atoms with van der Waals surface area (Å²) in [6.45, 7) is -0.0414. The number of benzene rings is 2. The van der Waals surface area contributed by atoms with E-state index in [0.717, 1.165) is 11.3 Å². The number of carbonyl (C=O) groups is 1. The summed E-state index contributed by atoms with van der Waals surface area (Å²) in [5.41, 5.74) is 1.52. The fraction of sp³-hybridized carbons (Fsp3) is 0.0556. The molecule has 1 amide bonds. The van der Waals surface area contributed by atoms with E-state index in [2.05, 4.69) is 10.3 Å². The van der Waals surface area contributed by atoms with E-state index in [1.165, 1.54) is 11.8 Å². The Hall–Kier alpha value is -3.04. The van der Waals surface area contributed by atoms with Crippen LogP contribution in [-0.4, -0.2) is 17.7 Å². The summed E-state index contributed by atoms with van der Waals surface area (Å²) in [5, 5.41) is 11.9. The molecule has 0 spiro atoms. The Balaban J connectivity index is 1.83. The molecule has 0 bridgehead atoms. The highest BCUT2D eigenvalue weighted by Crippen LogP contribution is 2.30. The molecule has 0 aliphatic carbocycles. The van der Waals surface area contributed by atoms with E-state index in [1.54, 1.807) is 12.1 Å². The molecule has 5 nitrogen and oxygen atoms in total. The van der Waals surface area contributed by atoms with Gasteiger partial charge in [0, 0.05) is 5.56 Å². The number of thioether (sulfide) groups is 1. The third-order valence-corrected chi connectivity index (χ3v) is 4.05. The van der Waals surface area contributed by atoms with Crippen molar-refractivity contribution in [3.05, 3.63) is 65.1 Å². The van der Waals surface area contributed by atoms with Crippen molar-refractivity contribution in [2.75, 3.05) is 6.61 Å². The van der Waals surface area contributed by atoms with Gasteiger partial charge >= 0.3 is 0 Å². The number of rotatable bonds is 4. The molecule has 0 aromatic heterocycles. The molecule has 1 aliphatic heterocycles. The van der Waals surface area contributed by atoms with Crippen LogP contribution in [0, 0.1) is 11.3 Å². The molecule has 0 radical (unpaired) electrons. The minimum absolute atomic E-state index is 0.0414. The Labute approximate surface area is 143 Å². The predicted octanol–water partition coefficient (Wildman–Crippen LogP) is 3.48. The normalized spacial score (nSPS) is 16.9. The van der Waals surface area contributed by atoms with Gasteiger partial charge in [-0.2, -0.15) is 5.26 Å². The number of nitriles is 1. The second kappa shape index (κ2) is 7.49. The molecule has 1 fully saturated rings. The van der Waals surface area contributed by atoms with Crippen LogP contribution in [0.5, 0.6) is 5.75 Å². The van der Waals surface area contributed by atoms with Crippen molar-refractivity contribution in [3.63, 3.8) is 0 Å². The van der Waals surface area contributed by atoms with Crippen molar-refractivity contribution in [3.8, 4) is 11.8 Å². The zero-order chi connectivity index (χ0) is 16.8. The molecule has 1 heterocycles. The SMILES string of the molecule is N#CCOc1ccccc1/C=C1\SC(=Nc2ccccc2)NC1=O. The maximum atomic E-state index is 12.1. The number of nitrogens with zero attached hydrogens (tertiary/aromatic N) is 2. The number of para-hydroxylation sites is 2. The van der Waals surface area contributed by atoms with E-state index in [4.69, 9.17) is 10.00 Å². The Kier molecular flexibility index (Phi) is 4.94. The Morgan fingerprint density at radius 1 is 1.17 bits per heavy atom. The van der Waals surface area contributed by atoms with Crippen molar-refractivity contribution in [1.82, 2.24) is 5.32 Å². The Morgan fingerprint density at radius 2 is 1.92 bits per heavy atom. The number of amides is 1. The molecule has 1 aliphatic rings. The van der Waals surface area contributed by atoms with Crippen LogP contribution in [0.2, 0.25) is 0 Å². The molecule has 0 atom stereocenters. The van der Waals surface area contributed by atoms with E-state index in [0.29, 0.717) is 15.8 Å². The summed E-state index contributed by atoms with van der Waals surface area (Å²) in [4.78, 5) is 17.1. The lowest BCUT2D eigenvalue weighted by molar-refractivity contribution is -0.115. The molecular formula is C18H13N3O2S. The molecule has 118 valence electrons. The predicted molar refractivity (Wildman–Crippen MR) is 94.8 cm³/mol. The topological polar surface area (TPSA) is 74.5 Å². The molecule has 0 unspecified atom stereocenters. The van der Waals surface area contributed by atoms with Gasteiger partial charge in [0.2, 0.25) is 0 Å². The number of hydrogen-bond donors (Lipinski definition) is 1. The van der Waals surface area contributed by atoms with Gasteiger partial charge in [-0.05, 0) is 36.0 Å². The number of hydrogen-bond acceptors (Lipinski definition) is 5. The van der Waals surface area contributed by atoms with Gasteiger partial charge < -0.3 is 10.1 Å². The smallest absolute Gasteiger partial charge is 0.264 e. The van der Waals surface area contributed by atoms with E-state index in [1.807, 2.05) is 54.6 Å². The van der Waals surface area contributed by atoms with Crippen molar-refractivity contribution >= 4 is 34.6 Å². The molecular weight excluding hydrogens is 322 g/mol. The number of nitrogens with one attached hydrogen (secondary N) is 1. The maximum absolute atomic E-state index is 12.1. The zero-order valence-electron chi connectivity index (χ0n) is 12.6. The fourth-order valence-corrected chi connectivity index (χ4v) is 2.92. The Morgan fingerprint density at radius 3 is 2.71 bits per heavy atom. The standard InChI is InChI=1S/C18H13N3O2S/c19-10-11-23-15-9-5-4-6-13(15)12-16-17(22)21-18(24-16)20-14-7-2-1-3-8-14/h1-9,12H,11H2,(H,20,21,22)/b16-12-. The van der Waals surface area contributed by atoms with Crippen molar-refractivity contribution in [2.24, 2.45) is 4.99 Å². The Bertz CT molecular complexity index is 854. The van der Waals surface area contributed by atoms with E-state index in [9.17, 15) is 4.79 Å². The largest absolute Gasteiger partial charge is 0.478 e. The van der Waals surface area contributed by atoms with Gasteiger partial charge in [0.25, 0.3) is 5.91 Å². The van der Waals surface area contributed by atoms with Crippen LogP contribution in [0.25, 0.3) is 6.08 Å². The molecule has 1 N–H and O–H groups in total. The molecule has 6 heteroatoms. The van der Waals surface area contributed by atoms with Crippen LogP contribution >= 0.6 is 11.8 Å². The van der Waals surface area contributed by atoms with Gasteiger partial charge in [0.05, 0.1) is 10.6 Å². The quantitative estimate of drug-likeness (QED) is 0.868. The number of ether oxygens (including phenoxy) is 1. The van der Waals surface area contributed by atoms with Crippen molar-refractivity contribution < 1.29 is 9.53 Å². The molecule has 24 heavy (non-hydrogen) atoms. The third-order valence-electron chi connectivity index (χ3n) is 3.14. The van der Waals surface area contributed by atoms with Crippen LogP contribution < -0.4 is 10.1 Å². The monoisotopic (exact) mass is 335 g/mol. The second-order valence-corrected chi connectivity index (χ2v) is 5.83. The summed E-state index contributed by atoms with van der Waals surface area (Å²) in [6.07, 6.45) is 1.74. The second-order valence-electron chi connectivity index (χ2n) is 4.80. The summed E-state index contributed by atoms with van der Waals surface area (Å²) >= 11 is 1.27. The summed E-state index contributed by atoms with van der Waals surface area (Å²) in [7, 11) is 0. The first kappa shape index (κ1) is 15.8. The fourth-order valence-electron chi connectivity index (χ4n) is 2.08. The average Bonchev–Trinajstić information content (AvgIpc) is 2.94. The molecule has 2 aromatic rings. The number of aliphatic imine (C=N–C) groups is 1. The van der Waals surface area contributed by atoms with E-state index in [-0.39, 0.29) is 12.5 Å². The van der Waals surface area contributed by atoms with E-state index >= 15 is 0 Å². The molecule has 3 rings (SSSR count). The van der Waals surface area contributed by atoms with Gasteiger partial charge in [-0.25, -0.2) is 4.99 Å². The molecule has 0 saturated carbocycles. The lowest BCUT2D eigenvalue weighted by Gasteiger charge is -2.05. The van der Waals surface area contributed by atoms with Gasteiger partial charge in [0.15, 0.2) is 11.8 Å². The highest BCUT2D eigenvalue weighted by atomic mass is 32.2. The molecule has 2 aromatic carbocycles. The summed E-state index contributed by atoms with van der Waals surface area (Å²) in [6, 6.07) is 18.6. The maximum Gasteiger partial charge on any atom is 0.264 e. The van der Waals surface area contributed by atoms with Crippen LogP contribution in [0.1, 0.15) is 5.56 Å². The minimum Gasteiger partial charge on any atom is -0.478 e. The van der Waals surface area contributed by atoms with Gasteiger partial charge in [-0.15, -0.1) is 0 Å². The first-order valence-corrected chi connectivity index (χ1v) is 8.01. The van der Waals surface area contributed by atoms with Crippen LogP contribution in [-0.2, 0) is 4.79 Å². The van der Waals surface area contributed by atoms with Crippen molar-refractivity contribution in [2.45, 2.75) is 0 Å². The average molecular weight is 335 g/mol. The van der Waals surface area contributed by atoms with Crippen LogP contribution in [0.3, 0.4) is 0 Å². The highest BCUT2D eigenvalue weighted by molar-refractivity contribution is 8.18. The van der Waals surface area contributed by atoms with Crippen LogP contribution in [0.4, 0.5) is 5.69 Å². The summed E-state index contributed by atoms with van der Waals surface area (Å²) < 4.78 is 5.38. The van der Waals surface area contributed by atoms with E-state index < -0.39 is 0 Å². The van der Waals surface area contributed by atoms with Gasteiger partial charge in [-0.1, -0.05) is 36.4 Å². The van der Waals surface area contributed by atoms with Crippen LogP contribution in [0.15, 0.2) is 64.5 Å². The first-order valence-electron chi connectivity index (χ1n) is 7.19. The van der Waals surface area contributed by atoms with Gasteiger partial charge in [-0.3, -0.25) is 4.79 Å². The summed E-state index contributed by atoms with van der Waals surface area (Å²) in [5.74, 6) is 0.359. The minimum atomic E-state index is -0.204.